The quantitative estimate of drug-likeness (QED) is 0.0320. The van der Waals surface area contributed by atoms with Crippen LogP contribution in [0.1, 0.15) is 373 Å². The number of hydrogen-bond donors (Lipinski definition) is 3. The fourth-order valence-electron chi connectivity index (χ4n) is 10.8. The van der Waals surface area contributed by atoms with Crippen molar-refractivity contribution in [3.8, 4) is 0 Å². The van der Waals surface area contributed by atoms with Crippen molar-refractivity contribution < 1.29 is 24.5 Å². The molecule has 468 valence electrons. The number of rotatable bonds is 66. The molecule has 0 rings (SSSR count). The maximum Gasteiger partial charge on any atom is 0.305 e. The van der Waals surface area contributed by atoms with Crippen molar-refractivity contribution in [3.63, 3.8) is 0 Å². The molecule has 80 heavy (non-hydrogen) atoms. The van der Waals surface area contributed by atoms with E-state index >= 15 is 0 Å². The van der Waals surface area contributed by atoms with E-state index < -0.39 is 12.1 Å². The average molecular weight is 1120 g/mol. The van der Waals surface area contributed by atoms with Gasteiger partial charge in [-0.1, -0.05) is 331 Å². The first-order valence-electron chi connectivity index (χ1n) is 35.6. The summed E-state index contributed by atoms with van der Waals surface area (Å²) in [7, 11) is 0. The molecule has 0 saturated carbocycles. The topological polar surface area (TPSA) is 95.9 Å². The number of carbonyl (C=O) groups is 2. The van der Waals surface area contributed by atoms with E-state index in [1.54, 1.807) is 6.08 Å². The van der Waals surface area contributed by atoms with Gasteiger partial charge in [0.05, 0.1) is 25.4 Å². The van der Waals surface area contributed by atoms with E-state index in [-0.39, 0.29) is 18.5 Å². The van der Waals surface area contributed by atoms with Crippen LogP contribution in [0.2, 0.25) is 0 Å². The molecule has 0 aromatic heterocycles. The lowest BCUT2D eigenvalue weighted by molar-refractivity contribution is -0.143. The zero-order valence-electron chi connectivity index (χ0n) is 53.6. The van der Waals surface area contributed by atoms with E-state index in [0.717, 1.165) is 57.8 Å². The Labute approximate surface area is 499 Å². The number of esters is 1. The van der Waals surface area contributed by atoms with Crippen molar-refractivity contribution in [2.24, 2.45) is 0 Å². The maximum absolute atomic E-state index is 12.5. The van der Waals surface area contributed by atoms with E-state index in [4.69, 9.17) is 4.74 Å². The van der Waals surface area contributed by atoms with Crippen LogP contribution in [0.3, 0.4) is 0 Å². The summed E-state index contributed by atoms with van der Waals surface area (Å²) in [4.78, 5) is 24.5. The second kappa shape index (κ2) is 69.1. The highest BCUT2D eigenvalue weighted by molar-refractivity contribution is 5.76. The zero-order chi connectivity index (χ0) is 57.8. The molecule has 0 fully saturated rings. The maximum atomic E-state index is 12.5. The van der Waals surface area contributed by atoms with Crippen molar-refractivity contribution in [2.45, 2.75) is 386 Å². The summed E-state index contributed by atoms with van der Waals surface area (Å²) >= 11 is 0. The molecule has 1 amide bonds. The van der Waals surface area contributed by atoms with Gasteiger partial charge in [0.25, 0.3) is 0 Å². The number of unbranched alkanes of at least 4 members (excludes halogenated alkanes) is 47. The number of allylic oxidation sites excluding steroid dienone is 9. The molecule has 0 radical (unpaired) electrons. The Morgan fingerprint density at radius 2 is 0.650 bits per heavy atom. The lowest BCUT2D eigenvalue weighted by Gasteiger charge is -2.20. The first-order chi connectivity index (χ1) is 39.5. The van der Waals surface area contributed by atoms with Gasteiger partial charge in [-0.3, -0.25) is 9.59 Å². The Kier molecular flexibility index (Phi) is 66.9. The van der Waals surface area contributed by atoms with Crippen LogP contribution >= 0.6 is 0 Å². The number of nitrogens with one attached hydrogen (secondary N) is 1. The first kappa shape index (κ1) is 77.6. The molecule has 0 aliphatic carbocycles. The predicted molar refractivity (Wildman–Crippen MR) is 352 cm³/mol. The zero-order valence-corrected chi connectivity index (χ0v) is 53.6. The van der Waals surface area contributed by atoms with Gasteiger partial charge < -0.3 is 20.3 Å². The second-order valence-corrected chi connectivity index (χ2v) is 24.2. The van der Waals surface area contributed by atoms with Crippen LogP contribution in [0, 0.1) is 0 Å². The third kappa shape index (κ3) is 64.7. The molecule has 0 aliphatic heterocycles. The highest BCUT2D eigenvalue weighted by Crippen LogP contribution is 2.18. The third-order valence-electron chi connectivity index (χ3n) is 16.2. The minimum atomic E-state index is -0.844. The lowest BCUT2D eigenvalue weighted by atomic mass is 10.0. The smallest absolute Gasteiger partial charge is 0.305 e. The second-order valence-electron chi connectivity index (χ2n) is 24.2. The molecule has 0 spiro atoms. The van der Waals surface area contributed by atoms with Gasteiger partial charge in [0.2, 0.25) is 5.91 Å². The highest BCUT2D eigenvalue weighted by atomic mass is 16.5. The minimum absolute atomic E-state index is 0.00173. The van der Waals surface area contributed by atoms with Gasteiger partial charge in [-0.25, -0.2) is 0 Å². The predicted octanol–water partition coefficient (Wildman–Crippen LogP) is 23.0. The van der Waals surface area contributed by atoms with E-state index in [1.807, 2.05) is 6.08 Å². The molecule has 2 atom stereocenters. The molecule has 2 unspecified atom stereocenters. The molecule has 0 heterocycles. The summed E-state index contributed by atoms with van der Waals surface area (Å²) in [5.41, 5.74) is 0. The summed E-state index contributed by atoms with van der Waals surface area (Å²) in [6, 6.07) is -0.628. The summed E-state index contributed by atoms with van der Waals surface area (Å²) in [5, 5.41) is 23.2. The van der Waals surface area contributed by atoms with E-state index in [1.165, 1.54) is 289 Å². The Morgan fingerprint density at radius 3 is 1.00 bits per heavy atom. The monoisotopic (exact) mass is 1120 g/mol. The number of aliphatic hydroxyl groups excluding tert-OH is 2. The van der Waals surface area contributed by atoms with E-state index in [9.17, 15) is 19.8 Å². The first-order valence-corrected chi connectivity index (χ1v) is 35.6. The number of carbonyl (C=O) groups excluding carboxylic acids is 2. The van der Waals surface area contributed by atoms with Crippen LogP contribution in [0.5, 0.6) is 0 Å². The van der Waals surface area contributed by atoms with Gasteiger partial charge >= 0.3 is 5.97 Å². The van der Waals surface area contributed by atoms with Gasteiger partial charge in [0.1, 0.15) is 0 Å². The van der Waals surface area contributed by atoms with Crippen LogP contribution in [0.25, 0.3) is 0 Å². The Hall–Kier alpha value is -2.44. The van der Waals surface area contributed by atoms with Crippen molar-refractivity contribution in [2.75, 3.05) is 13.2 Å². The van der Waals surface area contributed by atoms with Gasteiger partial charge in [-0.15, -0.1) is 0 Å². The molecule has 0 aliphatic rings. The molecule has 0 aromatic rings. The third-order valence-corrected chi connectivity index (χ3v) is 16.2. The number of aliphatic hydroxyl groups is 2. The van der Waals surface area contributed by atoms with Gasteiger partial charge in [0, 0.05) is 12.8 Å². The van der Waals surface area contributed by atoms with Crippen LogP contribution in [-0.4, -0.2) is 47.4 Å². The molecule has 0 saturated heterocycles. The van der Waals surface area contributed by atoms with Crippen molar-refractivity contribution in [1.82, 2.24) is 5.32 Å². The van der Waals surface area contributed by atoms with Crippen molar-refractivity contribution in [1.29, 1.82) is 0 Å². The number of ether oxygens (including phenoxy) is 1. The molecule has 3 N–H and O–H groups in total. The summed E-state index contributed by atoms with van der Waals surface area (Å²) in [6.07, 6.45) is 91.6. The summed E-state index contributed by atoms with van der Waals surface area (Å²) in [6.45, 7) is 4.85. The van der Waals surface area contributed by atoms with Crippen LogP contribution < -0.4 is 5.32 Å². The fraction of sp³-hybridized carbons (Fsp3) is 0.838. The van der Waals surface area contributed by atoms with Crippen LogP contribution in [0.4, 0.5) is 0 Å². The normalized spacial score (nSPS) is 12.9. The standard InChI is InChI=1S/C74H137NO5/c1-3-5-7-9-11-13-15-17-18-36-39-43-46-50-54-58-62-66-72(77)71(70-76)75-73(78)67-63-59-55-51-47-44-40-37-34-32-30-28-26-24-22-20-19-21-23-25-27-29-31-33-35-38-41-45-49-53-57-61-65-69-80-74(79)68-64-60-56-52-48-42-16-14-12-10-8-6-4-2/h8,10,14,16,23,25,29,31,62,66,71-72,76-77H,3-7,9,11-13,15,17-22,24,26-28,30,32-61,63-65,67-70H2,1-2H3,(H,75,78)/b10-8-,16-14-,25-23-,31-29-,66-62+. The SMILES string of the molecule is CCC/C=C\C/C=C\CCCCCCCC(=O)OCCCCCCCCCCC/C=C\C/C=C\CCCCCCCCCCCCCCCCCCCC(=O)NC(CO)C(O)/C=C/CCCCCCCCCCCCCCCCC. The van der Waals surface area contributed by atoms with Gasteiger partial charge in [-0.05, 0) is 89.9 Å². The Morgan fingerprint density at radius 1 is 0.350 bits per heavy atom. The largest absolute Gasteiger partial charge is 0.466 e. The molecular weight excluding hydrogens is 983 g/mol. The summed E-state index contributed by atoms with van der Waals surface area (Å²) < 4.78 is 5.47. The number of amides is 1. The van der Waals surface area contributed by atoms with Crippen LogP contribution in [0.15, 0.2) is 60.8 Å². The van der Waals surface area contributed by atoms with E-state index in [2.05, 4.69) is 67.8 Å². The van der Waals surface area contributed by atoms with Gasteiger partial charge in [-0.2, -0.15) is 0 Å². The molecule has 6 heteroatoms. The Bertz CT molecular complexity index is 1380. The number of hydrogen-bond acceptors (Lipinski definition) is 5. The highest BCUT2D eigenvalue weighted by Gasteiger charge is 2.18. The summed E-state index contributed by atoms with van der Waals surface area (Å²) in [5.74, 6) is -0.0657. The molecule has 0 aromatic carbocycles. The Balaban J connectivity index is 3.41. The van der Waals surface area contributed by atoms with Crippen molar-refractivity contribution in [3.05, 3.63) is 60.8 Å². The minimum Gasteiger partial charge on any atom is -0.466 e. The lowest BCUT2D eigenvalue weighted by Crippen LogP contribution is -2.45. The van der Waals surface area contributed by atoms with E-state index in [0.29, 0.717) is 19.4 Å². The van der Waals surface area contributed by atoms with Crippen LogP contribution in [-0.2, 0) is 14.3 Å². The molecular formula is C74H137NO5. The van der Waals surface area contributed by atoms with Gasteiger partial charge in [0.15, 0.2) is 0 Å². The molecule has 0 bridgehead atoms. The average Bonchev–Trinajstić information content (AvgIpc) is 3.46. The van der Waals surface area contributed by atoms with Crippen molar-refractivity contribution >= 4 is 11.9 Å². The fourth-order valence-corrected chi connectivity index (χ4v) is 10.8. The molecule has 6 nitrogen and oxygen atoms in total.